The zero-order valence-electron chi connectivity index (χ0n) is 3.79. The van der Waals surface area contributed by atoms with E-state index in [0.29, 0.717) is 6.04 Å². The molecule has 2 N–H and O–H groups in total. The van der Waals surface area contributed by atoms with Crippen molar-refractivity contribution < 1.29 is 0 Å². The Morgan fingerprint density at radius 1 is 1.29 bits per heavy atom. The van der Waals surface area contributed by atoms with E-state index < -0.39 is 0 Å². The lowest BCUT2D eigenvalue weighted by atomic mass is 10.4. The summed E-state index contributed by atoms with van der Waals surface area (Å²) in [7, 11) is 3.75. The van der Waals surface area contributed by atoms with Gasteiger partial charge in [-0.25, -0.2) is 0 Å². The minimum atomic E-state index is 0. The van der Waals surface area contributed by atoms with Gasteiger partial charge in [0.25, 0.3) is 0 Å². The van der Waals surface area contributed by atoms with Crippen LogP contribution in [0.25, 0.3) is 0 Å². The monoisotopic (exact) mass is 157 g/mol. The van der Waals surface area contributed by atoms with Crippen molar-refractivity contribution in [3.05, 3.63) is 0 Å². The third kappa shape index (κ3) is 2.69. The second kappa shape index (κ2) is 3.89. The molecule has 1 rings (SSSR count). The predicted molar refractivity (Wildman–Crippen MR) is 40.1 cm³/mol. The lowest BCUT2D eigenvalue weighted by molar-refractivity contribution is 0.872. The van der Waals surface area contributed by atoms with E-state index in [4.69, 9.17) is 5.73 Å². The van der Waals surface area contributed by atoms with Gasteiger partial charge in [0.05, 0.1) is 0 Å². The molecular formula is C3H8ClNS2. The summed E-state index contributed by atoms with van der Waals surface area (Å²) in [6.45, 7) is 0. The van der Waals surface area contributed by atoms with Crippen molar-refractivity contribution in [1.82, 2.24) is 0 Å². The third-order valence-electron chi connectivity index (χ3n) is 0.648. The second-order valence-corrected chi connectivity index (χ2v) is 3.88. The van der Waals surface area contributed by atoms with Crippen molar-refractivity contribution in [2.24, 2.45) is 5.73 Å². The average Bonchev–Trinajstić information content (AvgIpc) is 1.86. The van der Waals surface area contributed by atoms with E-state index in [1.165, 1.54) is 0 Å². The Kier molecular flexibility index (Phi) is 4.42. The molecule has 0 aromatic heterocycles. The van der Waals surface area contributed by atoms with Gasteiger partial charge in [-0.15, -0.1) is 12.4 Å². The molecule has 0 saturated carbocycles. The molecule has 1 heterocycles. The van der Waals surface area contributed by atoms with Gasteiger partial charge in [0.2, 0.25) is 0 Å². The van der Waals surface area contributed by atoms with Crippen LogP contribution in [-0.2, 0) is 0 Å². The maximum atomic E-state index is 5.49. The summed E-state index contributed by atoms with van der Waals surface area (Å²) in [6, 6.07) is 0.472. The van der Waals surface area contributed by atoms with Gasteiger partial charge in [-0.3, -0.25) is 0 Å². The van der Waals surface area contributed by atoms with Gasteiger partial charge in [-0.1, -0.05) is 21.6 Å². The molecular weight excluding hydrogens is 150 g/mol. The first-order chi connectivity index (χ1) is 2.89. The van der Waals surface area contributed by atoms with Crippen LogP contribution in [0.2, 0.25) is 0 Å². The van der Waals surface area contributed by atoms with E-state index in [0.717, 1.165) is 11.5 Å². The van der Waals surface area contributed by atoms with Gasteiger partial charge in [0.15, 0.2) is 0 Å². The molecule has 0 aromatic rings. The maximum absolute atomic E-state index is 5.49. The topological polar surface area (TPSA) is 26.0 Å². The minimum Gasteiger partial charge on any atom is -0.326 e. The van der Waals surface area contributed by atoms with E-state index >= 15 is 0 Å². The molecule has 0 radical (unpaired) electrons. The fourth-order valence-electron chi connectivity index (χ4n) is 0.319. The Bertz CT molecular complexity index is 46.2. The first-order valence-electron chi connectivity index (χ1n) is 1.89. The molecule has 1 aliphatic rings. The Morgan fingerprint density at radius 3 is 1.86 bits per heavy atom. The zero-order valence-corrected chi connectivity index (χ0v) is 6.24. The summed E-state index contributed by atoms with van der Waals surface area (Å²) >= 11 is 0. The lowest BCUT2D eigenvalue weighted by Gasteiger charge is -1.90. The van der Waals surface area contributed by atoms with Gasteiger partial charge in [-0.2, -0.15) is 0 Å². The van der Waals surface area contributed by atoms with E-state index in [-0.39, 0.29) is 12.4 Å². The third-order valence-corrected chi connectivity index (χ3v) is 3.26. The summed E-state index contributed by atoms with van der Waals surface area (Å²) in [5, 5.41) is 0. The second-order valence-electron chi connectivity index (χ2n) is 1.33. The SMILES string of the molecule is Cl.NC1CSSC1. The number of hydrogen-bond donors (Lipinski definition) is 1. The summed E-state index contributed by atoms with van der Waals surface area (Å²) in [6.07, 6.45) is 0. The van der Waals surface area contributed by atoms with Crippen molar-refractivity contribution in [2.45, 2.75) is 6.04 Å². The van der Waals surface area contributed by atoms with Crippen LogP contribution in [0, 0.1) is 0 Å². The van der Waals surface area contributed by atoms with E-state index in [2.05, 4.69) is 0 Å². The highest BCUT2D eigenvalue weighted by Crippen LogP contribution is 2.29. The van der Waals surface area contributed by atoms with E-state index in [9.17, 15) is 0 Å². The molecule has 0 unspecified atom stereocenters. The van der Waals surface area contributed by atoms with Crippen molar-refractivity contribution in [3.8, 4) is 0 Å². The standard InChI is InChI=1S/C3H7NS2.ClH/c4-3-1-5-6-2-3;/h3H,1-2,4H2;1H. The molecule has 0 spiro atoms. The van der Waals surface area contributed by atoms with Gasteiger partial charge >= 0.3 is 0 Å². The first kappa shape index (κ1) is 7.95. The van der Waals surface area contributed by atoms with Gasteiger partial charge in [0.1, 0.15) is 0 Å². The molecule has 44 valence electrons. The Hall–Kier alpha value is 0.950. The maximum Gasteiger partial charge on any atom is 0.0239 e. The molecule has 0 aromatic carbocycles. The number of hydrogen-bond acceptors (Lipinski definition) is 3. The van der Waals surface area contributed by atoms with Crippen molar-refractivity contribution in [1.29, 1.82) is 0 Å². The van der Waals surface area contributed by atoms with Gasteiger partial charge < -0.3 is 5.73 Å². The number of halogens is 1. The quantitative estimate of drug-likeness (QED) is 0.534. The van der Waals surface area contributed by atoms with Crippen LogP contribution in [0.1, 0.15) is 0 Å². The van der Waals surface area contributed by atoms with Crippen LogP contribution in [-0.4, -0.2) is 17.5 Å². The van der Waals surface area contributed by atoms with E-state index in [1.54, 1.807) is 0 Å². The Morgan fingerprint density at radius 2 is 1.71 bits per heavy atom. The lowest BCUT2D eigenvalue weighted by Crippen LogP contribution is -2.20. The van der Waals surface area contributed by atoms with Crippen LogP contribution in [0.3, 0.4) is 0 Å². The molecule has 0 bridgehead atoms. The molecule has 0 atom stereocenters. The molecule has 1 aliphatic heterocycles. The zero-order chi connectivity index (χ0) is 4.41. The van der Waals surface area contributed by atoms with Crippen molar-refractivity contribution >= 4 is 34.0 Å². The highest BCUT2D eigenvalue weighted by Gasteiger charge is 2.09. The normalized spacial score (nSPS) is 21.9. The summed E-state index contributed by atoms with van der Waals surface area (Å²) in [5.74, 6) is 2.29. The Labute approximate surface area is 57.6 Å². The average molecular weight is 158 g/mol. The van der Waals surface area contributed by atoms with Gasteiger partial charge in [-0.05, 0) is 0 Å². The number of rotatable bonds is 0. The van der Waals surface area contributed by atoms with Crippen molar-refractivity contribution in [2.75, 3.05) is 11.5 Å². The summed E-state index contributed by atoms with van der Waals surface area (Å²) < 4.78 is 0. The van der Waals surface area contributed by atoms with Crippen LogP contribution in [0.4, 0.5) is 0 Å². The molecule has 7 heavy (non-hydrogen) atoms. The smallest absolute Gasteiger partial charge is 0.0239 e. The molecule has 1 saturated heterocycles. The van der Waals surface area contributed by atoms with E-state index in [1.807, 2.05) is 21.6 Å². The van der Waals surface area contributed by atoms with Crippen molar-refractivity contribution in [3.63, 3.8) is 0 Å². The van der Waals surface area contributed by atoms with Gasteiger partial charge in [0, 0.05) is 17.5 Å². The molecule has 0 amide bonds. The molecule has 1 fully saturated rings. The molecule has 1 nitrogen and oxygen atoms in total. The Balaban J connectivity index is 0.000000360. The highest BCUT2D eigenvalue weighted by atomic mass is 35.5. The fraction of sp³-hybridized carbons (Fsp3) is 1.00. The largest absolute Gasteiger partial charge is 0.326 e. The fourth-order valence-corrected chi connectivity index (χ4v) is 2.87. The van der Waals surface area contributed by atoms with Crippen LogP contribution in [0.5, 0.6) is 0 Å². The highest BCUT2D eigenvalue weighted by molar-refractivity contribution is 8.77. The summed E-state index contributed by atoms with van der Waals surface area (Å²) in [4.78, 5) is 0. The molecule has 4 heteroatoms. The number of nitrogens with two attached hydrogens (primary N) is 1. The molecule has 0 aliphatic carbocycles. The predicted octanol–water partition coefficient (Wildman–Crippen LogP) is 1.13. The van der Waals surface area contributed by atoms with Crippen LogP contribution >= 0.6 is 34.0 Å². The van der Waals surface area contributed by atoms with Crippen LogP contribution < -0.4 is 5.73 Å². The van der Waals surface area contributed by atoms with Crippen LogP contribution in [0.15, 0.2) is 0 Å². The summed E-state index contributed by atoms with van der Waals surface area (Å²) in [5.41, 5.74) is 5.49. The minimum absolute atomic E-state index is 0. The first-order valence-corrected chi connectivity index (χ1v) is 4.38.